The molecule has 21 heavy (non-hydrogen) atoms. The van der Waals surface area contributed by atoms with Gasteiger partial charge in [0.15, 0.2) is 6.04 Å². The van der Waals surface area contributed by atoms with Crippen molar-refractivity contribution in [3.8, 4) is 5.75 Å². The van der Waals surface area contributed by atoms with E-state index >= 15 is 0 Å². The van der Waals surface area contributed by atoms with Crippen molar-refractivity contribution in [2.45, 2.75) is 12.5 Å². The zero-order valence-electron chi connectivity index (χ0n) is 11.5. The third-order valence-corrected chi connectivity index (χ3v) is 3.92. The number of ether oxygens (including phenoxy) is 2. The van der Waals surface area contributed by atoms with Crippen LogP contribution in [-0.4, -0.2) is 54.3 Å². The molecule has 1 aromatic rings. The number of fused-ring (bicyclic) bond motifs is 1. The highest BCUT2D eigenvalue weighted by Gasteiger charge is 2.37. The van der Waals surface area contributed by atoms with Crippen molar-refractivity contribution in [1.82, 2.24) is 4.90 Å². The lowest BCUT2D eigenvalue weighted by molar-refractivity contribution is -0.161. The second-order valence-corrected chi connectivity index (χ2v) is 5.28. The molecule has 6 heteroatoms. The summed E-state index contributed by atoms with van der Waals surface area (Å²) in [5.41, 5.74) is 0.988. The number of hydrogen-bond donors (Lipinski definition) is 1. The maximum atomic E-state index is 12.6. The molecule has 2 aliphatic rings. The lowest BCUT2D eigenvalue weighted by Crippen LogP contribution is -2.55. The largest absolute Gasteiger partial charge is 0.492 e. The molecule has 1 amide bonds. The summed E-state index contributed by atoms with van der Waals surface area (Å²) in [5.74, 6) is -0.724. The second-order valence-electron chi connectivity index (χ2n) is 5.28. The summed E-state index contributed by atoms with van der Waals surface area (Å²) >= 11 is 0. The van der Waals surface area contributed by atoms with Crippen LogP contribution in [0.2, 0.25) is 0 Å². The number of amides is 1. The van der Waals surface area contributed by atoms with Gasteiger partial charge in [-0.2, -0.15) is 0 Å². The molecule has 0 saturated carbocycles. The summed E-state index contributed by atoms with van der Waals surface area (Å²) in [4.78, 5) is 25.3. The monoisotopic (exact) mass is 291 g/mol. The lowest BCUT2D eigenvalue weighted by Gasteiger charge is -2.36. The van der Waals surface area contributed by atoms with E-state index in [9.17, 15) is 14.7 Å². The number of rotatable bonds is 2. The molecule has 1 saturated heterocycles. The normalized spacial score (nSPS) is 24.9. The predicted molar refractivity (Wildman–Crippen MR) is 73.1 cm³/mol. The third-order valence-electron chi connectivity index (χ3n) is 3.92. The average molecular weight is 291 g/mol. The van der Waals surface area contributed by atoms with E-state index in [0.717, 1.165) is 11.3 Å². The molecule has 0 spiro atoms. The van der Waals surface area contributed by atoms with Gasteiger partial charge in [0, 0.05) is 6.54 Å². The molecule has 0 aliphatic carbocycles. The Bertz CT molecular complexity index is 559. The summed E-state index contributed by atoms with van der Waals surface area (Å²) in [6.45, 7) is 1.03. The first-order valence-corrected chi connectivity index (χ1v) is 6.98. The molecule has 3 rings (SSSR count). The van der Waals surface area contributed by atoms with E-state index in [4.69, 9.17) is 9.47 Å². The number of carbonyl (C=O) groups is 2. The first-order chi connectivity index (χ1) is 10.2. The molecular weight excluding hydrogens is 274 g/mol. The maximum absolute atomic E-state index is 12.6. The van der Waals surface area contributed by atoms with Crippen molar-refractivity contribution >= 4 is 11.9 Å². The topological polar surface area (TPSA) is 76.1 Å². The van der Waals surface area contributed by atoms with Gasteiger partial charge in [-0.15, -0.1) is 0 Å². The summed E-state index contributed by atoms with van der Waals surface area (Å²) in [6, 6.07) is 6.71. The summed E-state index contributed by atoms with van der Waals surface area (Å²) in [7, 11) is 0. The molecule has 0 bridgehead atoms. The fourth-order valence-electron chi connectivity index (χ4n) is 2.79. The highest BCUT2D eigenvalue weighted by Crippen LogP contribution is 2.28. The van der Waals surface area contributed by atoms with E-state index in [-0.39, 0.29) is 18.4 Å². The van der Waals surface area contributed by atoms with Crippen LogP contribution in [0.15, 0.2) is 24.3 Å². The van der Waals surface area contributed by atoms with Crippen molar-refractivity contribution in [1.29, 1.82) is 0 Å². The minimum absolute atomic E-state index is 0.0469. The fraction of sp³-hybridized carbons (Fsp3) is 0.467. The number of carbonyl (C=O) groups excluding carboxylic acids is 1. The van der Waals surface area contributed by atoms with Crippen LogP contribution in [0.3, 0.4) is 0 Å². The van der Waals surface area contributed by atoms with Crippen molar-refractivity contribution < 1.29 is 24.2 Å². The molecule has 2 heterocycles. The second kappa shape index (κ2) is 5.73. The Balaban J connectivity index is 1.75. The van der Waals surface area contributed by atoms with E-state index in [0.29, 0.717) is 26.2 Å². The van der Waals surface area contributed by atoms with Crippen LogP contribution in [0.4, 0.5) is 0 Å². The van der Waals surface area contributed by atoms with Gasteiger partial charge in [-0.25, -0.2) is 4.79 Å². The lowest BCUT2D eigenvalue weighted by atomic mass is 9.95. The summed E-state index contributed by atoms with van der Waals surface area (Å²) in [6.07, 6.45) is 0.582. The quantitative estimate of drug-likeness (QED) is 0.861. The van der Waals surface area contributed by atoms with E-state index < -0.39 is 12.0 Å². The van der Waals surface area contributed by atoms with Gasteiger partial charge in [0.1, 0.15) is 12.4 Å². The van der Waals surface area contributed by atoms with Crippen molar-refractivity contribution in [3.63, 3.8) is 0 Å². The minimum atomic E-state index is -1.03. The highest BCUT2D eigenvalue weighted by molar-refractivity contribution is 5.86. The number of aliphatic carboxylic acids is 1. The number of benzene rings is 1. The number of nitrogens with zero attached hydrogens (tertiary/aromatic N) is 1. The minimum Gasteiger partial charge on any atom is -0.492 e. The van der Waals surface area contributed by atoms with Crippen molar-refractivity contribution in [2.24, 2.45) is 5.92 Å². The van der Waals surface area contributed by atoms with Crippen LogP contribution in [0, 0.1) is 5.92 Å². The molecule has 0 radical (unpaired) electrons. The molecule has 2 atom stereocenters. The van der Waals surface area contributed by atoms with Crippen LogP contribution >= 0.6 is 0 Å². The first kappa shape index (κ1) is 13.9. The van der Waals surface area contributed by atoms with E-state index in [1.807, 2.05) is 24.3 Å². The van der Waals surface area contributed by atoms with Crippen LogP contribution < -0.4 is 4.74 Å². The summed E-state index contributed by atoms with van der Waals surface area (Å²) in [5, 5.41) is 9.21. The molecule has 0 aromatic heterocycles. The molecule has 1 fully saturated rings. The Morgan fingerprint density at radius 3 is 2.86 bits per heavy atom. The Kier molecular flexibility index (Phi) is 3.79. The van der Waals surface area contributed by atoms with Crippen LogP contribution in [-0.2, 0) is 20.7 Å². The van der Waals surface area contributed by atoms with Gasteiger partial charge < -0.3 is 19.5 Å². The van der Waals surface area contributed by atoms with Gasteiger partial charge in [-0.05, 0) is 18.1 Å². The van der Waals surface area contributed by atoms with Gasteiger partial charge in [-0.1, -0.05) is 18.2 Å². The molecule has 112 valence electrons. The molecule has 0 unspecified atom stereocenters. The van der Waals surface area contributed by atoms with Crippen LogP contribution in [0.25, 0.3) is 0 Å². The van der Waals surface area contributed by atoms with Gasteiger partial charge in [0.2, 0.25) is 5.91 Å². The Labute approximate surface area is 122 Å². The number of hydrogen-bond acceptors (Lipinski definition) is 4. The van der Waals surface area contributed by atoms with Crippen LogP contribution in [0.5, 0.6) is 5.75 Å². The van der Waals surface area contributed by atoms with E-state index in [2.05, 4.69) is 0 Å². The smallest absolute Gasteiger partial charge is 0.328 e. The predicted octanol–water partition coefficient (Wildman–Crippen LogP) is 0.550. The SMILES string of the molecule is O=C(O)[C@@H]1COCCN1C(=O)[C@H]1COc2ccccc2C1. The molecular formula is C15H17NO5. The van der Waals surface area contributed by atoms with E-state index in [1.54, 1.807) is 0 Å². The third kappa shape index (κ3) is 2.71. The Morgan fingerprint density at radius 2 is 2.05 bits per heavy atom. The molecule has 2 aliphatic heterocycles. The average Bonchev–Trinajstić information content (AvgIpc) is 2.53. The standard InChI is InChI=1S/C15H17NO5/c17-14(16-5-6-20-9-12(16)15(18)19)11-7-10-3-1-2-4-13(10)21-8-11/h1-4,11-12H,5-9H2,(H,18,19)/t11-,12+/m1/s1. The van der Waals surface area contributed by atoms with Gasteiger partial charge >= 0.3 is 5.97 Å². The molecule has 1 N–H and O–H groups in total. The van der Waals surface area contributed by atoms with Crippen molar-refractivity contribution in [3.05, 3.63) is 29.8 Å². The Morgan fingerprint density at radius 1 is 1.24 bits per heavy atom. The zero-order valence-corrected chi connectivity index (χ0v) is 11.5. The zero-order chi connectivity index (χ0) is 14.8. The van der Waals surface area contributed by atoms with Crippen molar-refractivity contribution in [2.75, 3.05) is 26.4 Å². The van der Waals surface area contributed by atoms with Gasteiger partial charge in [0.05, 0.1) is 19.1 Å². The number of carboxylic acids is 1. The maximum Gasteiger partial charge on any atom is 0.328 e. The fourth-order valence-corrected chi connectivity index (χ4v) is 2.79. The van der Waals surface area contributed by atoms with E-state index in [1.165, 1.54) is 4.90 Å². The Hall–Kier alpha value is -2.08. The molecule has 1 aromatic carbocycles. The van der Waals surface area contributed by atoms with Gasteiger partial charge in [0.25, 0.3) is 0 Å². The molecule has 6 nitrogen and oxygen atoms in total. The number of carboxylic acid groups (broad SMARTS) is 1. The summed E-state index contributed by atoms with van der Waals surface area (Å²) < 4.78 is 10.8. The van der Waals surface area contributed by atoms with Gasteiger partial charge in [-0.3, -0.25) is 4.79 Å². The highest BCUT2D eigenvalue weighted by atomic mass is 16.5. The van der Waals surface area contributed by atoms with Crippen LogP contribution in [0.1, 0.15) is 5.56 Å². The number of para-hydroxylation sites is 1. The first-order valence-electron chi connectivity index (χ1n) is 6.98. The number of morpholine rings is 1.